The van der Waals surface area contributed by atoms with Crippen LogP contribution in [0.3, 0.4) is 0 Å². The van der Waals surface area contributed by atoms with Crippen LogP contribution in [0.15, 0.2) is 12.1 Å². The van der Waals surface area contributed by atoms with Crippen LogP contribution >= 0.6 is 0 Å². The minimum atomic E-state index is -1.67. The van der Waals surface area contributed by atoms with Gasteiger partial charge >= 0.3 is 23.9 Å². The monoisotopic (exact) mass is 326 g/mol. The lowest BCUT2D eigenvalue weighted by atomic mass is 9.95. The molecule has 1 rings (SSSR count). The molecule has 0 aliphatic rings. The van der Waals surface area contributed by atoms with Crippen molar-refractivity contribution in [3.63, 3.8) is 0 Å². The molecule has 126 valence electrons. The van der Waals surface area contributed by atoms with Gasteiger partial charge in [-0.3, -0.25) is 9.59 Å². The van der Waals surface area contributed by atoms with Crippen LogP contribution in [0.1, 0.15) is 45.7 Å². The predicted molar refractivity (Wildman–Crippen MR) is 78.9 cm³/mol. The second kappa shape index (κ2) is 7.39. The third-order valence-electron chi connectivity index (χ3n) is 3.19. The fraction of sp³-hybridized carbons (Fsp3) is 0.333. The lowest BCUT2D eigenvalue weighted by Gasteiger charge is -2.10. The van der Waals surface area contributed by atoms with Crippen molar-refractivity contribution < 1.29 is 39.6 Å². The molecule has 0 unspecified atom stereocenters. The van der Waals surface area contributed by atoms with Crippen LogP contribution in [-0.4, -0.2) is 44.3 Å². The Labute approximate surface area is 132 Å². The highest BCUT2D eigenvalue weighted by atomic mass is 16.4. The van der Waals surface area contributed by atoms with E-state index in [0.717, 1.165) is 13.8 Å². The molecule has 8 nitrogen and oxygen atoms in total. The molecule has 0 aromatic heterocycles. The molecule has 0 radical (unpaired) electrons. The number of benzene rings is 1. The Balaban J connectivity index is 0.000000468. The average molecular weight is 326 g/mol. The Morgan fingerprint density at radius 2 is 1.26 bits per heavy atom. The van der Waals surface area contributed by atoms with E-state index in [1.165, 1.54) is 19.1 Å². The first-order chi connectivity index (χ1) is 10.3. The number of carboxylic acid groups (broad SMARTS) is 4. The second-order valence-electron chi connectivity index (χ2n) is 5.28. The van der Waals surface area contributed by atoms with E-state index < -0.39 is 29.3 Å². The fourth-order valence-corrected chi connectivity index (χ4v) is 1.50. The van der Waals surface area contributed by atoms with Crippen LogP contribution in [0.5, 0.6) is 0 Å². The summed E-state index contributed by atoms with van der Waals surface area (Å²) < 4.78 is 0. The summed E-state index contributed by atoms with van der Waals surface area (Å²) in [4.78, 5) is 41.7. The molecule has 0 amide bonds. The number of carbonyl (C=O) groups is 4. The van der Waals surface area contributed by atoms with Crippen molar-refractivity contribution in [2.45, 2.75) is 27.7 Å². The number of aliphatic carboxylic acids is 2. The zero-order valence-corrected chi connectivity index (χ0v) is 13.1. The number of rotatable bonds is 4. The number of aryl methyl sites for hydroxylation is 1. The lowest BCUT2D eigenvalue weighted by molar-refractivity contribution is -0.161. The zero-order valence-electron chi connectivity index (χ0n) is 13.1. The maximum absolute atomic E-state index is 10.8. The summed E-state index contributed by atoms with van der Waals surface area (Å²) in [7, 11) is 0. The van der Waals surface area contributed by atoms with Crippen LogP contribution in [0.25, 0.3) is 0 Å². The normalized spacial score (nSPS) is 10.3. The fourth-order valence-electron chi connectivity index (χ4n) is 1.50. The summed E-state index contributed by atoms with van der Waals surface area (Å²) in [5.74, 6) is -4.85. The number of hydrogen-bond acceptors (Lipinski definition) is 4. The minimum absolute atomic E-state index is 0.0352. The van der Waals surface area contributed by atoms with Gasteiger partial charge in [-0.25, -0.2) is 9.59 Å². The highest BCUT2D eigenvalue weighted by molar-refractivity contribution is 5.97. The molecule has 0 spiro atoms. The molecule has 1 aromatic rings. The number of carboxylic acids is 4. The molecule has 0 atom stereocenters. The Hall–Kier alpha value is -2.90. The van der Waals surface area contributed by atoms with Gasteiger partial charge in [0.1, 0.15) is 0 Å². The van der Waals surface area contributed by atoms with E-state index in [-0.39, 0.29) is 11.1 Å². The molecule has 1 aromatic carbocycles. The van der Waals surface area contributed by atoms with Gasteiger partial charge in [-0.05, 0) is 44.9 Å². The third-order valence-corrected chi connectivity index (χ3v) is 3.19. The minimum Gasteiger partial charge on any atom is -0.480 e. The third kappa shape index (κ3) is 4.80. The summed E-state index contributed by atoms with van der Waals surface area (Å²) in [5.41, 5.74) is -0.692. The summed E-state index contributed by atoms with van der Waals surface area (Å²) >= 11 is 0. The van der Waals surface area contributed by atoms with E-state index >= 15 is 0 Å². The van der Waals surface area contributed by atoms with Gasteiger partial charge < -0.3 is 20.4 Å². The quantitative estimate of drug-likeness (QED) is 0.613. The topological polar surface area (TPSA) is 149 Å². The van der Waals surface area contributed by atoms with E-state index in [1.54, 1.807) is 6.92 Å². The van der Waals surface area contributed by atoms with Crippen molar-refractivity contribution in [2.24, 2.45) is 5.41 Å². The average Bonchev–Trinajstić information content (AvgIpc) is 2.38. The van der Waals surface area contributed by atoms with E-state index in [9.17, 15) is 19.2 Å². The molecule has 8 heteroatoms. The van der Waals surface area contributed by atoms with Crippen LogP contribution in [-0.2, 0) is 9.59 Å². The first-order valence-corrected chi connectivity index (χ1v) is 6.37. The summed E-state index contributed by atoms with van der Waals surface area (Å²) in [5, 5.41) is 34.1. The Bertz CT molecular complexity index is 642. The van der Waals surface area contributed by atoms with Crippen molar-refractivity contribution >= 4 is 23.9 Å². The van der Waals surface area contributed by atoms with E-state index in [0.29, 0.717) is 11.1 Å². The summed E-state index contributed by atoms with van der Waals surface area (Å²) in [6.07, 6.45) is 0. The Kier molecular flexibility index (Phi) is 6.46. The van der Waals surface area contributed by atoms with Gasteiger partial charge in [-0.1, -0.05) is 6.07 Å². The van der Waals surface area contributed by atoms with Gasteiger partial charge in [-0.2, -0.15) is 0 Å². The molecule has 0 bridgehead atoms. The van der Waals surface area contributed by atoms with Crippen molar-refractivity contribution in [1.29, 1.82) is 0 Å². The molecule has 23 heavy (non-hydrogen) atoms. The maximum atomic E-state index is 10.8. The molecule has 0 saturated carbocycles. The molecule has 0 aliphatic heterocycles. The Morgan fingerprint density at radius 1 is 0.826 bits per heavy atom. The van der Waals surface area contributed by atoms with Crippen molar-refractivity contribution in [3.8, 4) is 0 Å². The second-order valence-corrected chi connectivity index (χ2v) is 5.28. The highest BCUT2D eigenvalue weighted by Crippen LogP contribution is 2.18. The van der Waals surface area contributed by atoms with Crippen molar-refractivity contribution in [1.82, 2.24) is 0 Å². The van der Waals surface area contributed by atoms with Crippen molar-refractivity contribution in [3.05, 3.63) is 34.4 Å². The highest BCUT2D eigenvalue weighted by Gasteiger charge is 2.35. The van der Waals surface area contributed by atoms with E-state index in [1.807, 2.05) is 0 Å². The van der Waals surface area contributed by atoms with Crippen LogP contribution in [0.4, 0.5) is 0 Å². The SMILES string of the molecule is CC(C)(C(=O)O)C(=O)O.Cc1ccc(C(=O)O)c(C)c1C(=O)O. The van der Waals surface area contributed by atoms with Gasteiger partial charge in [0.15, 0.2) is 5.41 Å². The molecule has 4 N–H and O–H groups in total. The summed E-state index contributed by atoms with van der Waals surface area (Å²) in [6, 6.07) is 2.92. The van der Waals surface area contributed by atoms with Gasteiger partial charge in [0.05, 0.1) is 11.1 Å². The van der Waals surface area contributed by atoms with Crippen molar-refractivity contribution in [2.75, 3.05) is 0 Å². The Morgan fingerprint density at radius 3 is 1.52 bits per heavy atom. The number of aromatic carboxylic acids is 2. The number of hydrogen-bond donors (Lipinski definition) is 4. The molecule has 0 heterocycles. The van der Waals surface area contributed by atoms with E-state index in [4.69, 9.17) is 20.4 Å². The maximum Gasteiger partial charge on any atom is 0.336 e. The smallest absolute Gasteiger partial charge is 0.336 e. The van der Waals surface area contributed by atoms with E-state index in [2.05, 4.69) is 0 Å². The first-order valence-electron chi connectivity index (χ1n) is 6.37. The largest absolute Gasteiger partial charge is 0.480 e. The van der Waals surface area contributed by atoms with Gasteiger partial charge in [-0.15, -0.1) is 0 Å². The zero-order chi connectivity index (χ0) is 18.5. The molecule has 0 fully saturated rings. The van der Waals surface area contributed by atoms with Gasteiger partial charge in [0.2, 0.25) is 0 Å². The summed E-state index contributed by atoms with van der Waals surface area (Å²) in [6.45, 7) is 5.41. The predicted octanol–water partition coefficient (Wildman–Crippen LogP) is 1.88. The lowest BCUT2D eigenvalue weighted by Crippen LogP contribution is -2.32. The molecular weight excluding hydrogens is 308 g/mol. The molecule has 0 saturated heterocycles. The van der Waals surface area contributed by atoms with Crippen LogP contribution in [0, 0.1) is 19.3 Å². The molecule has 0 aliphatic carbocycles. The van der Waals surface area contributed by atoms with Gasteiger partial charge in [0.25, 0.3) is 0 Å². The molecular formula is C15H18O8. The van der Waals surface area contributed by atoms with Gasteiger partial charge in [0, 0.05) is 0 Å². The van der Waals surface area contributed by atoms with Crippen LogP contribution < -0.4 is 0 Å². The standard InChI is InChI=1S/C10H10O4.C5H8O4/c1-5-3-4-7(9(11)12)6(2)8(5)10(13)14;1-5(2,3(6)7)4(8)9/h3-4H,1-2H3,(H,11,12)(H,13,14);1-2H3,(H,6,7)(H,8,9). The first kappa shape index (κ1) is 20.1. The van der Waals surface area contributed by atoms with Crippen LogP contribution in [0.2, 0.25) is 0 Å².